The number of carbonyl (C=O) groups excluding carboxylic acids is 1. The fourth-order valence-corrected chi connectivity index (χ4v) is 3.09. The summed E-state index contributed by atoms with van der Waals surface area (Å²) >= 11 is 0. The van der Waals surface area contributed by atoms with Crippen molar-refractivity contribution in [2.24, 2.45) is 0 Å². The Kier molecular flexibility index (Phi) is 6.39. The molecule has 0 saturated heterocycles. The van der Waals surface area contributed by atoms with E-state index in [-0.39, 0.29) is 23.9 Å². The van der Waals surface area contributed by atoms with Crippen molar-refractivity contribution in [3.05, 3.63) is 58.9 Å². The molecule has 0 spiro atoms. The van der Waals surface area contributed by atoms with Crippen LogP contribution in [0.25, 0.3) is 0 Å². The first-order valence-electron chi connectivity index (χ1n) is 8.67. The van der Waals surface area contributed by atoms with Gasteiger partial charge in [-0.15, -0.1) is 0 Å². The largest absolute Gasteiger partial charge is 0.478 e. The Labute approximate surface area is 148 Å². The van der Waals surface area contributed by atoms with Crippen LogP contribution in [0, 0.1) is 6.92 Å². The standard InChI is InChI=1S/C20H26N2O3/c1-4-22-13-14(2)19(20(24)25)17(22)12-18(23)21-15(3)10-11-16-8-6-5-7-9-16/h5-9,13,15H,4,10-12H2,1-3H3,(H,21,23)(H,24,25)/t15-/m1/s1. The number of carboxylic acids is 1. The van der Waals surface area contributed by atoms with Gasteiger partial charge in [0.1, 0.15) is 0 Å². The Balaban J connectivity index is 1.97. The first kappa shape index (κ1) is 18.8. The van der Waals surface area contributed by atoms with E-state index in [9.17, 15) is 14.7 Å². The lowest BCUT2D eigenvalue weighted by Crippen LogP contribution is -2.34. The van der Waals surface area contributed by atoms with Crippen molar-refractivity contribution in [2.75, 3.05) is 0 Å². The summed E-state index contributed by atoms with van der Waals surface area (Å²) in [5, 5.41) is 12.4. The molecule has 1 aromatic heterocycles. The highest BCUT2D eigenvalue weighted by Crippen LogP contribution is 2.18. The lowest BCUT2D eigenvalue weighted by molar-refractivity contribution is -0.121. The van der Waals surface area contributed by atoms with Crippen LogP contribution in [0.2, 0.25) is 0 Å². The van der Waals surface area contributed by atoms with Crippen LogP contribution in [0.5, 0.6) is 0 Å². The van der Waals surface area contributed by atoms with E-state index >= 15 is 0 Å². The zero-order valence-electron chi connectivity index (χ0n) is 15.1. The normalized spacial score (nSPS) is 12.0. The minimum absolute atomic E-state index is 0.0344. The number of benzene rings is 1. The SMILES string of the molecule is CCn1cc(C)c(C(=O)O)c1CC(=O)N[C@H](C)CCc1ccccc1. The van der Waals surface area contributed by atoms with E-state index in [0.717, 1.165) is 12.8 Å². The van der Waals surface area contributed by atoms with Crippen molar-refractivity contribution in [3.63, 3.8) is 0 Å². The van der Waals surface area contributed by atoms with Crippen LogP contribution >= 0.6 is 0 Å². The van der Waals surface area contributed by atoms with E-state index < -0.39 is 5.97 Å². The molecule has 2 aromatic rings. The van der Waals surface area contributed by atoms with Gasteiger partial charge in [-0.05, 0) is 44.7 Å². The van der Waals surface area contributed by atoms with Gasteiger partial charge in [0, 0.05) is 24.5 Å². The molecule has 25 heavy (non-hydrogen) atoms. The van der Waals surface area contributed by atoms with Gasteiger partial charge in [-0.25, -0.2) is 4.79 Å². The van der Waals surface area contributed by atoms with Crippen LogP contribution in [0.15, 0.2) is 36.5 Å². The first-order valence-corrected chi connectivity index (χ1v) is 8.67. The van der Waals surface area contributed by atoms with Crippen molar-refractivity contribution in [1.82, 2.24) is 9.88 Å². The molecular formula is C20H26N2O3. The Morgan fingerprint density at radius 3 is 2.52 bits per heavy atom. The van der Waals surface area contributed by atoms with Gasteiger partial charge in [-0.1, -0.05) is 30.3 Å². The molecule has 0 aliphatic rings. The molecule has 1 atom stereocenters. The highest BCUT2D eigenvalue weighted by Gasteiger charge is 2.21. The molecule has 1 amide bonds. The molecule has 134 valence electrons. The van der Waals surface area contributed by atoms with Gasteiger partial charge < -0.3 is 15.0 Å². The van der Waals surface area contributed by atoms with E-state index in [1.165, 1.54) is 5.56 Å². The summed E-state index contributed by atoms with van der Waals surface area (Å²) in [6, 6.07) is 10.2. The van der Waals surface area contributed by atoms with E-state index in [4.69, 9.17) is 0 Å². The maximum absolute atomic E-state index is 12.4. The predicted molar refractivity (Wildman–Crippen MR) is 97.9 cm³/mol. The van der Waals surface area contributed by atoms with Crippen LogP contribution < -0.4 is 5.32 Å². The number of rotatable bonds is 8. The molecule has 5 nitrogen and oxygen atoms in total. The molecule has 0 saturated carbocycles. The van der Waals surface area contributed by atoms with Gasteiger partial charge in [0.15, 0.2) is 0 Å². The van der Waals surface area contributed by atoms with Gasteiger partial charge in [-0.3, -0.25) is 4.79 Å². The van der Waals surface area contributed by atoms with Gasteiger partial charge in [0.2, 0.25) is 5.91 Å². The molecule has 0 fully saturated rings. The van der Waals surface area contributed by atoms with E-state index in [1.54, 1.807) is 13.1 Å². The van der Waals surface area contributed by atoms with Crippen molar-refractivity contribution in [1.29, 1.82) is 0 Å². The first-order chi connectivity index (χ1) is 11.9. The number of carboxylic acid groups (broad SMARTS) is 1. The maximum Gasteiger partial charge on any atom is 0.337 e. The topological polar surface area (TPSA) is 71.3 Å². The highest BCUT2D eigenvalue weighted by atomic mass is 16.4. The Morgan fingerprint density at radius 1 is 1.24 bits per heavy atom. The fourth-order valence-electron chi connectivity index (χ4n) is 3.09. The van der Waals surface area contributed by atoms with Crippen LogP contribution in [-0.4, -0.2) is 27.6 Å². The molecule has 2 N–H and O–H groups in total. The summed E-state index contributed by atoms with van der Waals surface area (Å²) in [4.78, 5) is 23.9. The number of hydrogen-bond donors (Lipinski definition) is 2. The third-order valence-corrected chi connectivity index (χ3v) is 4.38. The molecule has 0 bridgehead atoms. The number of carbonyl (C=O) groups is 2. The lowest BCUT2D eigenvalue weighted by atomic mass is 10.1. The summed E-state index contributed by atoms with van der Waals surface area (Å²) in [5.74, 6) is -1.12. The second-order valence-corrected chi connectivity index (χ2v) is 6.39. The average Bonchev–Trinajstić information content (AvgIpc) is 2.89. The van der Waals surface area contributed by atoms with E-state index in [1.807, 2.05) is 36.6 Å². The summed E-state index contributed by atoms with van der Waals surface area (Å²) < 4.78 is 1.84. The summed E-state index contributed by atoms with van der Waals surface area (Å²) in [6.45, 7) is 6.32. The number of aromatic nitrogens is 1. The number of nitrogens with one attached hydrogen (secondary N) is 1. The second-order valence-electron chi connectivity index (χ2n) is 6.39. The summed E-state index contributed by atoms with van der Waals surface area (Å²) in [7, 11) is 0. The Hall–Kier alpha value is -2.56. The van der Waals surface area contributed by atoms with Crippen molar-refractivity contribution < 1.29 is 14.7 Å². The molecule has 5 heteroatoms. The monoisotopic (exact) mass is 342 g/mol. The second kappa shape index (κ2) is 8.51. The number of aromatic carboxylic acids is 1. The number of amides is 1. The molecule has 1 aromatic carbocycles. The van der Waals surface area contributed by atoms with Crippen molar-refractivity contribution in [2.45, 2.75) is 52.6 Å². The molecule has 0 radical (unpaired) electrons. The summed E-state index contributed by atoms with van der Waals surface area (Å²) in [5.41, 5.74) is 2.75. The molecule has 1 heterocycles. The van der Waals surface area contributed by atoms with E-state index in [2.05, 4.69) is 17.4 Å². The fraction of sp³-hybridized carbons (Fsp3) is 0.400. The quantitative estimate of drug-likeness (QED) is 0.774. The van der Waals surface area contributed by atoms with Crippen LogP contribution in [0.1, 0.15) is 47.4 Å². The zero-order valence-corrected chi connectivity index (χ0v) is 15.1. The molecule has 0 aliphatic carbocycles. The van der Waals surface area contributed by atoms with Gasteiger partial charge in [-0.2, -0.15) is 0 Å². The van der Waals surface area contributed by atoms with Crippen LogP contribution in [0.3, 0.4) is 0 Å². The van der Waals surface area contributed by atoms with Crippen molar-refractivity contribution in [3.8, 4) is 0 Å². The minimum Gasteiger partial charge on any atom is -0.478 e. The van der Waals surface area contributed by atoms with Gasteiger partial charge >= 0.3 is 5.97 Å². The van der Waals surface area contributed by atoms with Crippen molar-refractivity contribution >= 4 is 11.9 Å². The number of nitrogens with zero attached hydrogens (tertiary/aromatic N) is 1. The smallest absolute Gasteiger partial charge is 0.337 e. The lowest BCUT2D eigenvalue weighted by Gasteiger charge is -2.15. The summed E-state index contributed by atoms with van der Waals surface area (Å²) in [6.07, 6.45) is 3.62. The van der Waals surface area contributed by atoms with E-state index in [0.29, 0.717) is 17.8 Å². The van der Waals surface area contributed by atoms with Crippen LogP contribution in [-0.2, 0) is 24.2 Å². The Bertz CT molecular complexity index is 735. The molecule has 2 rings (SSSR count). The Morgan fingerprint density at radius 2 is 1.92 bits per heavy atom. The molecule has 0 unspecified atom stereocenters. The number of aryl methyl sites for hydroxylation is 3. The van der Waals surface area contributed by atoms with Gasteiger partial charge in [0.25, 0.3) is 0 Å². The van der Waals surface area contributed by atoms with Gasteiger partial charge in [0.05, 0.1) is 12.0 Å². The third-order valence-electron chi connectivity index (χ3n) is 4.38. The zero-order chi connectivity index (χ0) is 18.4. The molecule has 0 aliphatic heterocycles. The average molecular weight is 342 g/mol. The van der Waals surface area contributed by atoms with Crippen LogP contribution in [0.4, 0.5) is 0 Å². The maximum atomic E-state index is 12.4. The minimum atomic E-state index is -0.982. The predicted octanol–water partition coefficient (Wildman–Crippen LogP) is 3.19. The third kappa shape index (κ3) is 4.95. The molecular weight excluding hydrogens is 316 g/mol. The highest BCUT2D eigenvalue weighted by molar-refractivity contribution is 5.93. The number of hydrogen-bond acceptors (Lipinski definition) is 2.